The van der Waals surface area contributed by atoms with Crippen LogP contribution in [0.3, 0.4) is 0 Å². The summed E-state index contributed by atoms with van der Waals surface area (Å²) in [5, 5.41) is 22.7. The van der Waals surface area contributed by atoms with Crippen molar-refractivity contribution in [2.75, 3.05) is 70.7 Å². The molecule has 68 heavy (non-hydrogen) atoms. The van der Waals surface area contributed by atoms with Crippen molar-refractivity contribution < 1.29 is 38.1 Å². The van der Waals surface area contributed by atoms with Gasteiger partial charge in [-0.2, -0.15) is 4.98 Å². The summed E-state index contributed by atoms with van der Waals surface area (Å²) in [6, 6.07) is 9.02. The molecule has 17 nitrogen and oxygen atoms in total. The van der Waals surface area contributed by atoms with Gasteiger partial charge in [0.05, 0.1) is 47.8 Å². The number of unbranched alkanes of at least 4 members (excludes halogenated alkanes) is 2. The molecule has 1 aliphatic carbocycles. The molecule has 4 aromatic rings. The van der Waals surface area contributed by atoms with Crippen LogP contribution in [0.25, 0.3) is 10.4 Å². The molecular weight excluding hydrogens is 915 g/mol. The molecular formula is C48H62ClFN10O7S. The second-order valence-corrected chi connectivity index (χ2v) is 19.9. The van der Waals surface area contributed by atoms with Gasteiger partial charge in [0.25, 0.3) is 11.8 Å². The van der Waals surface area contributed by atoms with Gasteiger partial charge in [0.15, 0.2) is 5.67 Å². The number of aryl methyl sites for hydroxylation is 1. The van der Waals surface area contributed by atoms with Crippen LogP contribution < -0.4 is 30.7 Å². The van der Waals surface area contributed by atoms with Crippen LogP contribution in [0.2, 0.25) is 5.02 Å². The van der Waals surface area contributed by atoms with Crippen molar-refractivity contribution in [3.05, 3.63) is 69.9 Å². The molecule has 1 unspecified atom stereocenters. The van der Waals surface area contributed by atoms with Gasteiger partial charge >= 0.3 is 0 Å². The number of thiazole rings is 1. The van der Waals surface area contributed by atoms with Gasteiger partial charge < -0.3 is 45.6 Å². The van der Waals surface area contributed by atoms with Gasteiger partial charge in [-0.05, 0) is 80.8 Å². The average Bonchev–Trinajstić information content (AvgIpc) is 3.73. The highest BCUT2D eigenvalue weighted by atomic mass is 35.5. The first-order valence-electron chi connectivity index (χ1n) is 23.1. The first-order valence-corrected chi connectivity index (χ1v) is 24.3. The molecule has 2 aromatic carbocycles. The second-order valence-electron chi connectivity index (χ2n) is 18.7. The number of ether oxygens (including phenoxy) is 2. The van der Waals surface area contributed by atoms with Gasteiger partial charge in [-0.1, -0.05) is 44.5 Å². The summed E-state index contributed by atoms with van der Waals surface area (Å²) in [4.78, 5) is 73.5. The SMILES string of the molecule is CNc1nc(Nc2ccc(C(=O)N3CCN(CCCCCOc4cc(-c5scnc5C)ccc4CNC(=O)[C@@H]4C[C@@H](O)CN4C(=O)C(NC(=O)C4(F)CC4)C(C)(C)C)CC3)cc2OC)ncc1Cl. The summed E-state index contributed by atoms with van der Waals surface area (Å²) < 4.78 is 26.7. The van der Waals surface area contributed by atoms with Gasteiger partial charge in [0.2, 0.25) is 17.8 Å². The number of β-amino-alcohol motifs (C(OH)–C–C–N with tert-alkyl or cyclic N) is 1. The largest absolute Gasteiger partial charge is 0.495 e. The Labute approximate surface area is 405 Å². The van der Waals surface area contributed by atoms with Gasteiger partial charge in [-0.3, -0.25) is 24.1 Å². The highest BCUT2D eigenvalue weighted by molar-refractivity contribution is 7.13. The third-order valence-corrected chi connectivity index (χ3v) is 13.8. The van der Waals surface area contributed by atoms with E-state index in [0.29, 0.717) is 59.2 Å². The van der Waals surface area contributed by atoms with Crippen molar-refractivity contribution in [2.45, 2.75) is 96.6 Å². The Kier molecular flexibility index (Phi) is 16.1. The average molecular weight is 978 g/mol. The zero-order chi connectivity index (χ0) is 48.8. The predicted molar refractivity (Wildman–Crippen MR) is 259 cm³/mol. The number of methoxy groups -OCH3 is 1. The minimum Gasteiger partial charge on any atom is -0.495 e. The Morgan fingerprint density at radius 1 is 1.03 bits per heavy atom. The number of nitrogens with one attached hydrogen (secondary N) is 4. The van der Waals surface area contributed by atoms with Gasteiger partial charge in [0.1, 0.15) is 34.4 Å². The molecule has 3 fully saturated rings. The number of likely N-dealkylation sites (tertiary alicyclic amines) is 1. The first-order chi connectivity index (χ1) is 32.5. The molecule has 3 atom stereocenters. The van der Waals surface area contributed by atoms with Crippen molar-refractivity contribution in [2.24, 2.45) is 5.41 Å². The third kappa shape index (κ3) is 12.1. The molecule has 4 heterocycles. The molecule has 3 aliphatic rings. The lowest BCUT2D eigenvalue weighted by Gasteiger charge is -2.35. The second kappa shape index (κ2) is 21.8. The van der Waals surface area contributed by atoms with E-state index in [0.717, 1.165) is 60.6 Å². The van der Waals surface area contributed by atoms with Crippen LogP contribution in [-0.4, -0.2) is 142 Å². The van der Waals surface area contributed by atoms with Crippen molar-refractivity contribution >= 4 is 64.0 Å². The van der Waals surface area contributed by atoms with Gasteiger partial charge in [0, 0.05) is 63.9 Å². The van der Waals surface area contributed by atoms with E-state index >= 15 is 0 Å². The molecule has 2 saturated heterocycles. The number of piperazine rings is 1. The van der Waals surface area contributed by atoms with Crippen molar-refractivity contribution in [3.8, 4) is 21.9 Å². The zero-order valence-electron chi connectivity index (χ0n) is 39.5. The van der Waals surface area contributed by atoms with Crippen LogP contribution in [0.4, 0.5) is 21.8 Å². The van der Waals surface area contributed by atoms with Crippen LogP contribution in [0.1, 0.15) is 80.9 Å². The normalized spacial score (nSPS) is 18.4. The number of alkyl halides is 1. The standard InChI is InChI=1S/C48H62ClFN10O7S/c1-29-39(68-28-54-29)30-10-11-32(25-52-42(62)36-24-33(61)27-60(36)44(64)40(47(2,3)4)56-45(65)48(50)14-15-48)37(22-30)67-21-9-7-8-16-58-17-19-59(20-18-58)43(63)31-12-13-35(38(23-31)66-6)55-46-53-26-34(49)41(51-5)57-46/h10-13,22-23,26,28,33,36,40,61H,7-9,14-21,24-25,27H2,1-6H3,(H,52,62)(H,56,65)(H2,51,53,55,57)/t33-,36+,40?/m1/s1. The van der Waals surface area contributed by atoms with Crippen LogP contribution in [0.5, 0.6) is 11.5 Å². The van der Waals surface area contributed by atoms with E-state index in [-0.39, 0.29) is 38.3 Å². The Morgan fingerprint density at radius 3 is 2.47 bits per heavy atom. The van der Waals surface area contributed by atoms with Crippen LogP contribution in [-0.2, 0) is 20.9 Å². The number of anilines is 3. The summed E-state index contributed by atoms with van der Waals surface area (Å²) in [6.07, 6.45) is 3.48. The van der Waals surface area contributed by atoms with Crippen LogP contribution in [0, 0.1) is 12.3 Å². The van der Waals surface area contributed by atoms with E-state index in [1.165, 1.54) is 22.4 Å². The summed E-state index contributed by atoms with van der Waals surface area (Å²) in [5.74, 6) is 0.0392. The molecule has 2 aromatic heterocycles. The predicted octanol–water partition coefficient (Wildman–Crippen LogP) is 5.97. The lowest BCUT2D eigenvalue weighted by molar-refractivity contribution is -0.145. The number of hydrogen-bond acceptors (Lipinski definition) is 14. The van der Waals surface area contributed by atoms with E-state index in [1.807, 2.05) is 30.0 Å². The number of aliphatic hydroxyl groups excluding tert-OH is 1. The maximum Gasteiger partial charge on any atom is 0.258 e. The van der Waals surface area contributed by atoms with E-state index < -0.39 is 47.0 Å². The quantitative estimate of drug-likeness (QED) is 0.0689. The minimum atomic E-state index is -1.97. The Hall–Kier alpha value is -5.63. The number of halogens is 2. The molecule has 366 valence electrons. The summed E-state index contributed by atoms with van der Waals surface area (Å²) >= 11 is 7.66. The van der Waals surface area contributed by atoms with E-state index in [2.05, 4.69) is 41.1 Å². The van der Waals surface area contributed by atoms with E-state index in [1.54, 1.807) is 58.6 Å². The number of aliphatic hydroxyl groups is 1. The molecule has 5 N–H and O–H groups in total. The first kappa shape index (κ1) is 50.3. The van der Waals surface area contributed by atoms with Crippen LogP contribution >= 0.6 is 22.9 Å². The van der Waals surface area contributed by atoms with Crippen molar-refractivity contribution in [1.29, 1.82) is 0 Å². The van der Waals surface area contributed by atoms with Crippen molar-refractivity contribution in [1.82, 2.24) is 40.3 Å². The number of rotatable bonds is 19. The highest BCUT2D eigenvalue weighted by Crippen LogP contribution is 2.41. The maximum absolute atomic E-state index is 14.6. The molecule has 4 amide bonds. The maximum atomic E-state index is 14.6. The number of carbonyl (C=O) groups excluding carboxylic acids is 4. The van der Waals surface area contributed by atoms with Gasteiger partial charge in [-0.15, -0.1) is 11.3 Å². The number of hydrogen-bond donors (Lipinski definition) is 5. The molecule has 0 bridgehead atoms. The van der Waals surface area contributed by atoms with E-state index in [9.17, 15) is 28.7 Å². The van der Waals surface area contributed by atoms with Crippen molar-refractivity contribution in [3.63, 3.8) is 0 Å². The minimum absolute atomic E-state index is 0.0283. The molecule has 20 heteroatoms. The molecule has 0 radical (unpaired) electrons. The Bertz CT molecular complexity index is 2460. The zero-order valence-corrected chi connectivity index (χ0v) is 41.1. The topological polar surface area (TPSA) is 203 Å². The summed E-state index contributed by atoms with van der Waals surface area (Å²) in [7, 11) is 3.27. The molecule has 2 aliphatic heterocycles. The molecule has 0 spiro atoms. The van der Waals surface area contributed by atoms with E-state index in [4.69, 9.17) is 21.1 Å². The monoisotopic (exact) mass is 976 g/mol. The number of amides is 4. The number of aromatic nitrogens is 3. The number of nitrogens with zero attached hydrogens (tertiary/aromatic N) is 6. The smallest absolute Gasteiger partial charge is 0.258 e. The lowest BCUT2D eigenvalue weighted by Crippen LogP contribution is -2.59. The summed E-state index contributed by atoms with van der Waals surface area (Å²) in [6.45, 7) is 11.4. The highest BCUT2D eigenvalue weighted by Gasteiger charge is 2.53. The number of benzene rings is 2. The summed E-state index contributed by atoms with van der Waals surface area (Å²) in [5.41, 5.74) is 2.77. The fourth-order valence-electron chi connectivity index (χ4n) is 8.38. The Balaban J connectivity index is 0.890. The number of carbonyl (C=O) groups is 4. The van der Waals surface area contributed by atoms with Gasteiger partial charge in [-0.25, -0.2) is 14.4 Å². The Morgan fingerprint density at radius 2 is 1.79 bits per heavy atom. The fourth-order valence-corrected chi connectivity index (χ4v) is 9.37. The fraction of sp³-hybridized carbons (Fsp3) is 0.521. The lowest BCUT2D eigenvalue weighted by atomic mass is 9.85. The third-order valence-electron chi connectivity index (χ3n) is 12.6. The molecule has 1 saturated carbocycles. The van der Waals surface area contributed by atoms with Crippen LogP contribution in [0.15, 0.2) is 48.1 Å². The molecule has 7 rings (SSSR count).